The molecule has 1 rings (SSSR count). The summed E-state index contributed by atoms with van der Waals surface area (Å²) in [4.78, 5) is 15.1. The van der Waals surface area contributed by atoms with Gasteiger partial charge in [-0.15, -0.1) is 0 Å². The first kappa shape index (κ1) is 10.7. The van der Waals surface area contributed by atoms with Gasteiger partial charge in [0.15, 0.2) is 0 Å². The van der Waals surface area contributed by atoms with E-state index in [4.69, 9.17) is 5.73 Å². The minimum atomic E-state index is -0.458. The van der Waals surface area contributed by atoms with Gasteiger partial charge >= 0.3 is 0 Å². The summed E-state index contributed by atoms with van der Waals surface area (Å²) in [6, 6.07) is -0.400. The zero-order chi connectivity index (χ0) is 10.6. The summed E-state index contributed by atoms with van der Waals surface area (Å²) in [7, 11) is 0. The smallest absolute Gasteiger partial charge is 0.236 e. The molecule has 78 valence electrons. The Morgan fingerprint density at radius 3 is 2.86 bits per heavy atom. The van der Waals surface area contributed by atoms with E-state index in [1.165, 1.54) is 0 Å². The number of hydrogen-bond donors (Lipinski definition) is 2. The topological polar surface area (TPSA) is 72.9 Å². The highest BCUT2D eigenvalue weighted by molar-refractivity contribution is 5.81. The predicted octanol–water partition coefficient (Wildman–Crippen LogP) is -0.265. The van der Waals surface area contributed by atoms with Crippen LogP contribution >= 0.6 is 0 Å². The quantitative estimate of drug-likeness (QED) is 0.696. The molecule has 0 fully saturated rings. The lowest BCUT2D eigenvalue weighted by atomic mass is 10.3. The van der Waals surface area contributed by atoms with Crippen molar-refractivity contribution in [1.82, 2.24) is 14.9 Å². The van der Waals surface area contributed by atoms with Crippen molar-refractivity contribution in [2.75, 3.05) is 0 Å². The van der Waals surface area contributed by atoms with E-state index in [9.17, 15) is 4.79 Å². The Balaban J connectivity index is 2.36. The number of nitrogens with two attached hydrogens (primary N) is 1. The van der Waals surface area contributed by atoms with Gasteiger partial charge in [0, 0.05) is 25.0 Å². The van der Waals surface area contributed by atoms with E-state index in [-0.39, 0.29) is 11.9 Å². The van der Waals surface area contributed by atoms with E-state index in [0.29, 0.717) is 6.54 Å². The Morgan fingerprint density at radius 1 is 1.64 bits per heavy atom. The van der Waals surface area contributed by atoms with Gasteiger partial charge in [-0.05, 0) is 13.8 Å². The number of hydrogen-bond acceptors (Lipinski definition) is 3. The third-order valence-electron chi connectivity index (χ3n) is 1.85. The maximum atomic E-state index is 11.2. The number of rotatable bonds is 4. The van der Waals surface area contributed by atoms with Crippen molar-refractivity contribution in [3.63, 3.8) is 0 Å². The molecule has 3 N–H and O–H groups in total. The molecule has 0 aromatic carbocycles. The fraction of sp³-hybridized carbons (Fsp3) is 0.556. The summed E-state index contributed by atoms with van der Waals surface area (Å²) in [5, 5.41) is 2.81. The predicted molar refractivity (Wildman–Crippen MR) is 53.5 cm³/mol. The van der Waals surface area contributed by atoms with E-state index >= 15 is 0 Å². The molecule has 14 heavy (non-hydrogen) atoms. The first-order chi connectivity index (χ1) is 6.59. The van der Waals surface area contributed by atoms with Gasteiger partial charge in [0.05, 0.1) is 12.4 Å². The number of aromatic nitrogens is 2. The van der Waals surface area contributed by atoms with Crippen molar-refractivity contribution in [2.24, 2.45) is 5.73 Å². The summed E-state index contributed by atoms with van der Waals surface area (Å²) >= 11 is 0. The molecule has 0 aliphatic rings. The summed E-state index contributed by atoms with van der Waals surface area (Å²) in [5.41, 5.74) is 5.43. The lowest BCUT2D eigenvalue weighted by Crippen LogP contribution is -2.44. The van der Waals surface area contributed by atoms with E-state index in [0.717, 1.165) is 0 Å². The minimum Gasteiger partial charge on any atom is -0.351 e. The summed E-state index contributed by atoms with van der Waals surface area (Å²) in [5.74, 6) is -0.127. The van der Waals surface area contributed by atoms with Crippen LogP contribution in [0.1, 0.15) is 13.8 Å². The molecule has 0 aliphatic carbocycles. The van der Waals surface area contributed by atoms with Crippen LogP contribution in [-0.4, -0.2) is 27.5 Å². The van der Waals surface area contributed by atoms with Crippen molar-refractivity contribution in [1.29, 1.82) is 0 Å². The molecule has 2 atom stereocenters. The van der Waals surface area contributed by atoms with E-state index in [1.807, 2.05) is 17.7 Å². The third-order valence-corrected chi connectivity index (χ3v) is 1.85. The van der Waals surface area contributed by atoms with Crippen LogP contribution < -0.4 is 11.1 Å². The molecule has 1 aromatic heterocycles. The van der Waals surface area contributed by atoms with E-state index in [2.05, 4.69) is 10.3 Å². The van der Waals surface area contributed by atoms with Crippen molar-refractivity contribution in [3.05, 3.63) is 18.7 Å². The van der Waals surface area contributed by atoms with E-state index in [1.54, 1.807) is 19.4 Å². The maximum absolute atomic E-state index is 11.2. The number of nitrogens with zero attached hydrogens (tertiary/aromatic N) is 2. The Bertz CT molecular complexity index is 281. The SMILES string of the molecule is CC(Cn1ccnc1)NC(=O)C(C)N. The number of imidazole rings is 1. The first-order valence-electron chi connectivity index (χ1n) is 4.61. The molecule has 0 bridgehead atoms. The number of carbonyl (C=O) groups excluding carboxylic acids is 1. The number of carbonyl (C=O) groups is 1. The molecule has 0 spiro atoms. The number of nitrogens with one attached hydrogen (secondary N) is 1. The van der Waals surface area contributed by atoms with Gasteiger partial charge in [0.2, 0.25) is 5.91 Å². The average molecular weight is 196 g/mol. The van der Waals surface area contributed by atoms with Crippen molar-refractivity contribution in [3.8, 4) is 0 Å². The molecule has 0 radical (unpaired) electrons. The standard InChI is InChI=1S/C9H16N4O/c1-7(12-9(14)8(2)10)5-13-4-3-11-6-13/h3-4,6-8H,5,10H2,1-2H3,(H,12,14). The average Bonchev–Trinajstić information content (AvgIpc) is 2.56. The Labute approximate surface area is 83.3 Å². The lowest BCUT2D eigenvalue weighted by molar-refractivity contribution is -0.122. The first-order valence-corrected chi connectivity index (χ1v) is 4.61. The molecule has 2 unspecified atom stereocenters. The highest BCUT2D eigenvalue weighted by atomic mass is 16.2. The van der Waals surface area contributed by atoms with Gasteiger partial charge in [-0.1, -0.05) is 0 Å². The third kappa shape index (κ3) is 3.18. The second-order valence-corrected chi connectivity index (χ2v) is 3.46. The van der Waals surface area contributed by atoms with Crippen molar-refractivity contribution in [2.45, 2.75) is 32.5 Å². The summed E-state index contributed by atoms with van der Waals surface area (Å²) < 4.78 is 1.91. The second-order valence-electron chi connectivity index (χ2n) is 3.46. The van der Waals surface area contributed by atoms with Crippen LogP contribution in [0.4, 0.5) is 0 Å². The molecule has 0 saturated heterocycles. The lowest BCUT2D eigenvalue weighted by Gasteiger charge is -2.15. The largest absolute Gasteiger partial charge is 0.351 e. The highest BCUT2D eigenvalue weighted by Crippen LogP contribution is 1.91. The van der Waals surface area contributed by atoms with Crippen LogP contribution in [0.2, 0.25) is 0 Å². The molecule has 0 saturated carbocycles. The van der Waals surface area contributed by atoms with Crippen LogP contribution in [0.25, 0.3) is 0 Å². The fourth-order valence-corrected chi connectivity index (χ4v) is 1.13. The molecule has 5 nitrogen and oxygen atoms in total. The van der Waals surface area contributed by atoms with Gasteiger partial charge in [-0.25, -0.2) is 4.98 Å². The van der Waals surface area contributed by atoms with Gasteiger partial charge in [-0.3, -0.25) is 4.79 Å². The normalized spacial score (nSPS) is 14.8. The van der Waals surface area contributed by atoms with Crippen LogP contribution in [0.15, 0.2) is 18.7 Å². The van der Waals surface area contributed by atoms with Gasteiger partial charge in [-0.2, -0.15) is 0 Å². The molecular weight excluding hydrogens is 180 g/mol. The van der Waals surface area contributed by atoms with Crippen LogP contribution in [0.5, 0.6) is 0 Å². The van der Waals surface area contributed by atoms with Crippen molar-refractivity contribution < 1.29 is 4.79 Å². The van der Waals surface area contributed by atoms with Gasteiger partial charge in [0.25, 0.3) is 0 Å². The molecule has 1 heterocycles. The molecule has 1 aromatic rings. The molecule has 1 amide bonds. The molecular formula is C9H16N4O. The Morgan fingerprint density at radius 2 is 2.36 bits per heavy atom. The zero-order valence-electron chi connectivity index (χ0n) is 8.47. The van der Waals surface area contributed by atoms with Crippen molar-refractivity contribution >= 4 is 5.91 Å². The Hall–Kier alpha value is -1.36. The fourth-order valence-electron chi connectivity index (χ4n) is 1.13. The maximum Gasteiger partial charge on any atom is 0.236 e. The molecule has 0 aliphatic heterocycles. The highest BCUT2D eigenvalue weighted by Gasteiger charge is 2.10. The van der Waals surface area contributed by atoms with E-state index < -0.39 is 6.04 Å². The zero-order valence-corrected chi connectivity index (χ0v) is 8.47. The van der Waals surface area contributed by atoms with Crippen LogP contribution in [-0.2, 0) is 11.3 Å². The number of amides is 1. The van der Waals surface area contributed by atoms with Gasteiger partial charge in [0.1, 0.15) is 0 Å². The monoisotopic (exact) mass is 196 g/mol. The minimum absolute atomic E-state index is 0.0581. The van der Waals surface area contributed by atoms with Gasteiger partial charge < -0.3 is 15.6 Å². The Kier molecular flexibility index (Phi) is 3.64. The second kappa shape index (κ2) is 4.76. The summed E-state index contributed by atoms with van der Waals surface area (Å²) in [6.45, 7) is 4.30. The molecule has 5 heteroatoms. The summed E-state index contributed by atoms with van der Waals surface area (Å²) in [6.07, 6.45) is 5.28. The van der Waals surface area contributed by atoms with Crippen LogP contribution in [0.3, 0.4) is 0 Å². The van der Waals surface area contributed by atoms with Crippen LogP contribution in [0, 0.1) is 0 Å².